The van der Waals surface area contributed by atoms with Crippen LogP contribution >= 0.6 is 0 Å². The molecule has 24 heavy (non-hydrogen) atoms. The van der Waals surface area contributed by atoms with Crippen LogP contribution in [0.5, 0.6) is 0 Å². The van der Waals surface area contributed by atoms with E-state index < -0.39 is 0 Å². The molecule has 1 heteroatoms. The minimum absolute atomic E-state index is 0.718. The summed E-state index contributed by atoms with van der Waals surface area (Å²) in [6.07, 6.45) is 22.6. The van der Waals surface area contributed by atoms with Crippen molar-refractivity contribution in [2.45, 2.75) is 83.5 Å². The topological polar surface area (TPSA) is 9.23 Å². The van der Waals surface area contributed by atoms with Crippen LogP contribution in [0.15, 0.2) is 25.3 Å². The monoisotopic (exact) mass is 332 g/mol. The first-order valence-electron chi connectivity index (χ1n) is 10.6. The number of ether oxygens (including phenoxy) is 1. The number of rotatable bonds is 11. The van der Waals surface area contributed by atoms with E-state index in [1.807, 2.05) is 6.08 Å². The van der Waals surface area contributed by atoms with Gasteiger partial charge in [0.1, 0.15) is 0 Å². The SMILES string of the molecule is C=CCCC[C@H]1CC[C@H](CCC2CCC(COCC=C)CC2)CC1. The molecule has 0 bridgehead atoms. The van der Waals surface area contributed by atoms with Crippen molar-refractivity contribution in [2.24, 2.45) is 23.7 Å². The van der Waals surface area contributed by atoms with Crippen molar-refractivity contribution in [1.82, 2.24) is 0 Å². The van der Waals surface area contributed by atoms with E-state index in [1.165, 1.54) is 83.5 Å². The van der Waals surface area contributed by atoms with Crippen molar-refractivity contribution in [2.75, 3.05) is 13.2 Å². The predicted octanol–water partition coefficient (Wildman–Crippen LogP) is 6.94. The normalized spacial score (nSPS) is 30.8. The minimum Gasteiger partial charge on any atom is -0.377 e. The fourth-order valence-electron chi connectivity index (χ4n) is 4.84. The quantitative estimate of drug-likeness (QED) is 0.294. The van der Waals surface area contributed by atoms with Gasteiger partial charge in [0.25, 0.3) is 0 Å². The van der Waals surface area contributed by atoms with E-state index in [1.54, 1.807) is 0 Å². The highest BCUT2D eigenvalue weighted by Crippen LogP contribution is 2.37. The first-order chi connectivity index (χ1) is 11.8. The summed E-state index contributed by atoms with van der Waals surface area (Å²) in [7, 11) is 0. The van der Waals surface area contributed by atoms with Crippen molar-refractivity contribution in [1.29, 1.82) is 0 Å². The molecule has 0 aromatic heterocycles. The molecule has 0 atom stereocenters. The van der Waals surface area contributed by atoms with Gasteiger partial charge in [-0.2, -0.15) is 0 Å². The zero-order chi connectivity index (χ0) is 17.0. The maximum atomic E-state index is 5.63. The van der Waals surface area contributed by atoms with Crippen LogP contribution in [0.2, 0.25) is 0 Å². The van der Waals surface area contributed by atoms with Gasteiger partial charge in [-0.25, -0.2) is 0 Å². The molecule has 0 radical (unpaired) electrons. The second-order valence-corrected chi connectivity index (χ2v) is 8.40. The Morgan fingerprint density at radius 3 is 1.67 bits per heavy atom. The van der Waals surface area contributed by atoms with Gasteiger partial charge in [-0.15, -0.1) is 13.2 Å². The van der Waals surface area contributed by atoms with E-state index in [0.717, 1.165) is 36.9 Å². The Labute approximate surface area is 150 Å². The lowest BCUT2D eigenvalue weighted by Crippen LogP contribution is -2.20. The second kappa shape index (κ2) is 11.9. The average molecular weight is 333 g/mol. The van der Waals surface area contributed by atoms with E-state index in [4.69, 9.17) is 4.74 Å². The third-order valence-corrected chi connectivity index (χ3v) is 6.53. The molecule has 0 aromatic carbocycles. The molecule has 0 saturated heterocycles. The lowest BCUT2D eigenvalue weighted by atomic mass is 9.75. The maximum absolute atomic E-state index is 5.63. The van der Waals surface area contributed by atoms with Gasteiger partial charge in [0.15, 0.2) is 0 Å². The number of allylic oxidation sites excluding steroid dienone is 1. The molecular weight excluding hydrogens is 292 g/mol. The van der Waals surface area contributed by atoms with E-state index in [0.29, 0.717) is 0 Å². The summed E-state index contributed by atoms with van der Waals surface area (Å²) in [5, 5.41) is 0. The Kier molecular flexibility index (Phi) is 9.80. The molecular formula is C23H40O. The fraction of sp³-hybridized carbons (Fsp3) is 0.826. The van der Waals surface area contributed by atoms with Gasteiger partial charge in [-0.3, -0.25) is 0 Å². The van der Waals surface area contributed by atoms with Crippen LogP contribution in [0.25, 0.3) is 0 Å². The lowest BCUT2D eigenvalue weighted by Gasteiger charge is -2.32. The summed E-state index contributed by atoms with van der Waals surface area (Å²) in [6.45, 7) is 9.23. The van der Waals surface area contributed by atoms with E-state index in [9.17, 15) is 0 Å². The molecule has 2 fully saturated rings. The number of hydrogen-bond donors (Lipinski definition) is 0. The van der Waals surface area contributed by atoms with Crippen LogP contribution in [0.3, 0.4) is 0 Å². The second-order valence-electron chi connectivity index (χ2n) is 8.40. The Balaban J connectivity index is 1.51. The van der Waals surface area contributed by atoms with Gasteiger partial charge in [0.2, 0.25) is 0 Å². The number of hydrogen-bond acceptors (Lipinski definition) is 1. The maximum Gasteiger partial charge on any atom is 0.0644 e. The van der Waals surface area contributed by atoms with Crippen molar-refractivity contribution in [3.8, 4) is 0 Å². The van der Waals surface area contributed by atoms with Crippen LogP contribution in [0.4, 0.5) is 0 Å². The third-order valence-electron chi connectivity index (χ3n) is 6.53. The van der Waals surface area contributed by atoms with Crippen LogP contribution in [-0.4, -0.2) is 13.2 Å². The molecule has 0 aromatic rings. The van der Waals surface area contributed by atoms with Gasteiger partial charge in [0, 0.05) is 6.61 Å². The summed E-state index contributed by atoms with van der Waals surface area (Å²) >= 11 is 0. The Morgan fingerprint density at radius 2 is 1.17 bits per heavy atom. The Hall–Kier alpha value is -0.560. The summed E-state index contributed by atoms with van der Waals surface area (Å²) in [5.41, 5.74) is 0. The van der Waals surface area contributed by atoms with E-state index >= 15 is 0 Å². The molecule has 0 amide bonds. The summed E-state index contributed by atoms with van der Waals surface area (Å²) in [4.78, 5) is 0. The van der Waals surface area contributed by atoms with E-state index in [2.05, 4.69) is 19.2 Å². The smallest absolute Gasteiger partial charge is 0.0644 e. The van der Waals surface area contributed by atoms with Crippen molar-refractivity contribution >= 4 is 0 Å². The largest absolute Gasteiger partial charge is 0.377 e. The van der Waals surface area contributed by atoms with Crippen LogP contribution < -0.4 is 0 Å². The Morgan fingerprint density at radius 1 is 0.667 bits per heavy atom. The Bertz CT molecular complexity index is 298. The highest BCUT2D eigenvalue weighted by atomic mass is 16.5. The van der Waals surface area contributed by atoms with Gasteiger partial charge in [-0.1, -0.05) is 69.9 Å². The number of unbranched alkanes of at least 4 members (excludes halogenated alkanes) is 1. The van der Waals surface area contributed by atoms with Gasteiger partial charge >= 0.3 is 0 Å². The van der Waals surface area contributed by atoms with Crippen molar-refractivity contribution < 1.29 is 4.74 Å². The molecule has 0 unspecified atom stereocenters. The van der Waals surface area contributed by atoms with Crippen LogP contribution in [0, 0.1) is 23.7 Å². The molecule has 2 aliphatic rings. The summed E-state index contributed by atoms with van der Waals surface area (Å²) in [6, 6.07) is 0. The highest BCUT2D eigenvalue weighted by molar-refractivity contribution is 4.77. The molecule has 0 heterocycles. The first kappa shape index (κ1) is 19.8. The summed E-state index contributed by atoms with van der Waals surface area (Å²) < 4.78 is 5.63. The van der Waals surface area contributed by atoms with Crippen molar-refractivity contribution in [3.63, 3.8) is 0 Å². The first-order valence-corrected chi connectivity index (χ1v) is 10.6. The zero-order valence-corrected chi connectivity index (χ0v) is 15.9. The molecule has 138 valence electrons. The molecule has 0 N–H and O–H groups in total. The zero-order valence-electron chi connectivity index (χ0n) is 15.9. The average Bonchev–Trinajstić information content (AvgIpc) is 2.63. The highest BCUT2D eigenvalue weighted by Gasteiger charge is 2.24. The standard InChI is InChI=1S/C23H40O/c1-3-5-6-7-20-8-10-21(11-9-20)12-13-22-14-16-23(17-15-22)19-24-18-4-2/h3-4,20-23H,1-2,5-19H2/t20-,21-,22?,23?. The predicted molar refractivity (Wildman–Crippen MR) is 105 cm³/mol. The third kappa shape index (κ3) is 7.55. The van der Waals surface area contributed by atoms with E-state index in [-0.39, 0.29) is 0 Å². The minimum atomic E-state index is 0.718. The molecule has 0 spiro atoms. The summed E-state index contributed by atoms with van der Waals surface area (Å²) in [5.74, 6) is 3.87. The van der Waals surface area contributed by atoms with Crippen molar-refractivity contribution in [3.05, 3.63) is 25.3 Å². The lowest BCUT2D eigenvalue weighted by molar-refractivity contribution is 0.0936. The van der Waals surface area contributed by atoms with Gasteiger partial charge in [0.05, 0.1) is 6.61 Å². The molecule has 2 aliphatic carbocycles. The molecule has 2 saturated carbocycles. The van der Waals surface area contributed by atoms with Gasteiger partial charge in [-0.05, 0) is 49.4 Å². The molecule has 0 aliphatic heterocycles. The van der Waals surface area contributed by atoms with Crippen LogP contribution in [0.1, 0.15) is 83.5 Å². The van der Waals surface area contributed by atoms with Crippen LogP contribution in [-0.2, 0) is 4.74 Å². The fourth-order valence-corrected chi connectivity index (χ4v) is 4.84. The van der Waals surface area contributed by atoms with Gasteiger partial charge < -0.3 is 4.74 Å². The molecule has 1 nitrogen and oxygen atoms in total. The molecule has 2 rings (SSSR count).